The first-order chi connectivity index (χ1) is 13.0. The fourth-order valence-electron chi connectivity index (χ4n) is 2.39. The molecule has 0 atom stereocenters. The fraction of sp³-hybridized carbons (Fsp3) is 0.118. The van der Waals surface area contributed by atoms with E-state index in [4.69, 9.17) is 0 Å². The Labute approximate surface area is 150 Å². The molecule has 1 amide bonds. The molecular formula is C17H14FN5O4. The van der Waals surface area contributed by atoms with E-state index in [1.165, 1.54) is 35.3 Å². The van der Waals surface area contributed by atoms with Crippen molar-refractivity contribution in [1.82, 2.24) is 24.4 Å². The van der Waals surface area contributed by atoms with Crippen molar-refractivity contribution in [3.05, 3.63) is 91.6 Å². The van der Waals surface area contributed by atoms with Gasteiger partial charge in [-0.1, -0.05) is 0 Å². The van der Waals surface area contributed by atoms with Crippen LogP contribution in [-0.2, 0) is 6.54 Å². The second kappa shape index (κ2) is 7.60. The highest BCUT2D eigenvalue weighted by molar-refractivity contribution is 5.93. The zero-order valence-corrected chi connectivity index (χ0v) is 13.9. The molecule has 0 bridgehead atoms. The molecule has 0 aliphatic rings. The van der Waals surface area contributed by atoms with Crippen LogP contribution in [0.3, 0.4) is 0 Å². The number of benzene rings is 1. The maximum atomic E-state index is 13.1. The van der Waals surface area contributed by atoms with Gasteiger partial charge in [-0.25, -0.2) is 18.7 Å². The van der Waals surface area contributed by atoms with Crippen LogP contribution in [-0.4, -0.2) is 31.6 Å². The topological polar surface area (TPSA) is 119 Å². The zero-order chi connectivity index (χ0) is 19.4. The van der Waals surface area contributed by atoms with E-state index < -0.39 is 23.0 Å². The molecule has 0 saturated carbocycles. The number of halogens is 1. The van der Waals surface area contributed by atoms with Gasteiger partial charge in [0.1, 0.15) is 11.4 Å². The predicted molar refractivity (Wildman–Crippen MR) is 93.4 cm³/mol. The number of rotatable bonds is 5. The minimum atomic E-state index is -0.846. The summed E-state index contributed by atoms with van der Waals surface area (Å²) >= 11 is 0. The first-order valence-electron chi connectivity index (χ1n) is 7.87. The fourth-order valence-corrected chi connectivity index (χ4v) is 2.39. The quantitative estimate of drug-likeness (QED) is 0.636. The Morgan fingerprint density at radius 1 is 1.15 bits per heavy atom. The minimum absolute atomic E-state index is 0.0690. The van der Waals surface area contributed by atoms with Crippen LogP contribution >= 0.6 is 0 Å². The highest BCUT2D eigenvalue weighted by atomic mass is 19.1. The molecule has 9 nitrogen and oxygen atoms in total. The Morgan fingerprint density at radius 3 is 2.59 bits per heavy atom. The second-order valence-corrected chi connectivity index (χ2v) is 5.49. The Hall–Kier alpha value is -3.82. The first-order valence-corrected chi connectivity index (χ1v) is 7.87. The molecule has 2 aromatic heterocycles. The largest absolute Gasteiger partial charge is 0.350 e. The van der Waals surface area contributed by atoms with E-state index in [-0.39, 0.29) is 29.9 Å². The van der Waals surface area contributed by atoms with E-state index in [1.54, 1.807) is 0 Å². The lowest BCUT2D eigenvalue weighted by Gasteiger charge is -2.09. The number of H-pyrrole nitrogens is 1. The summed E-state index contributed by atoms with van der Waals surface area (Å²) < 4.78 is 15.1. The molecule has 0 saturated heterocycles. The number of carbonyl (C=O) groups is 1. The van der Waals surface area contributed by atoms with Gasteiger partial charge in [-0.2, -0.15) is 0 Å². The normalized spacial score (nSPS) is 10.6. The van der Waals surface area contributed by atoms with Crippen molar-refractivity contribution in [2.75, 3.05) is 6.54 Å². The molecule has 138 valence electrons. The molecule has 3 aromatic rings. The van der Waals surface area contributed by atoms with E-state index in [2.05, 4.69) is 15.3 Å². The summed E-state index contributed by atoms with van der Waals surface area (Å²) in [7, 11) is 0. The highest BCUT2D eigenvalue weighted by Gasteiger charge is 2.15. The van der Waals surface area contributed by atoms with Gasteiger partial charge in [0, 0.05) is 31.5 Å². The number of aromatic amines is 1. The third-order valence-electron chi connectivity index (χ3n) is 3.74. The standard InChI is InChI=1S/C17H14FN5O4/c18-11-1-3-12(4-2-11)23-16(26)13(9-21-17(23)27)15(25)20-7-8-22-10-19-6-5-14(22)24/h1-6,9-10H,7-8H2,(H,20,25)(H,21,27). The van der Waals surface area contributed by atoms with Crippen molar-refractivity contribution >= 4 is 5.91 Å². The van der Waals surface area contributed by atoms with E-state index >= 15 is 0 Å². The number of hydrogen-bond acceptors (Lipinski definition) is 5. The van der Waals surface area contributed by atoms with Crippen LogP contribution in [0.25, 0.3) is 5.69 Å². The molecule has 2 N–H and O–H groups in total. The molecule has 0 fully saturated rings. The third kappa shape index (κ3) is 3.89. The number of nitrogens with zero attached hydrogens (tertiary/aromatic N) is 3. The molecule has 3 rings (SSSR count). The van der Waals surface area contributed by atoms with Gasteiger partial charge in [0.25, 0.3) is 17.0 Å². The Morgan fingerprint density at radius 2 is 1.89 bits per heavy atom. The van der Waals surface area contributed by atoms with Crippen molar-refractivity contribution in [3.63, 3.8) is 0 Å². The molecule has 0 aliphatic heterocycles. The van der Waals surface area contributed by atoms with E-state index in [1.807, 2.05) is 0 Å². The van der Waals surface area contributed by atoms with Crippen LogP contribution in [0.4, 0.5) is 4.39 Å². The molecule has 2 heterocycles. The summed E-state index contributed by atoms with van der Waals surface area (Å²) in [6.07, 6.45) is 3.70. The average Bonchev–Trinajstić information content (AvgIpc) is 2.65. The summed E-state index contributed by atoms with van der Waals surface area (Å²) in [5.74, 6) is -1.24. The molecule has 0 spiro atoms. The van der Waals surface area contributed by atoms with Gasteiger partial charge in [0.15, 0.2) is 0 Å². The monoisotopic (exact) mass is 371 g/mol. The maximum absolute atomic E-state index is 13.1. The second-order valence-electron chi connectivity index (χ2n) is 5.49. The summed E-state index contributed by atoms with van der Waals surface area (Å²) in [5.41, 5.74) is -2.05. The van der Waals surface area contributed by atoms with Gasteiger partial charge in [0.2, 0.25) is 0 Å². The van der Waals surface area contributed by atoms with Crippen molar-refractivity contribution in [3.8, 4) is 5.69 Å². The number of carbonyl (C=O) groups excluding carboxylic acids is 1. The molecule has 10 heteroatoms. The van der Waals surface area contributed by atoms with Crippen LogP contribution in [0.1, 0.15) is 10.4 Å². The van der Waals surface area contributed by atoms with Crippen LogP contribution in [0.5, 0.6) is 0 Å². The number of aromatic nitrogens is 4. The lowest BCUT2D eigenvalue weighted by atomic mass is 10.2. The summed E-state index contributed by atoms with van der Waals surface area (Å²) in [5, 5.41) is 2.50. The summed E-state index contributed by atoms with van der Waals surface area (Å²) in [4.78, 5) is 54.5. The summed E-state index contributed by atoms with van der Waals surface area (Å²) in [6, 6.07) is 5.98. The Bertz CT molecular complexity index is 1150. The number of hydrogen-bond donors (Lipinski definition) is 2. The van der Waals surface area contributed by atoms with E-state index in [9.17, 15) is 23.6 Å². The Kier molecular flexibility index (Phi) is 5.06. The van der Waals surface area contributed by atoms with Crippen LogP contribution in [0.15, 0.2) is 63.4 Å². The first kappa shape index (κ1) is 18.0. The number of amides is 1. The van der Waals surface area contributed by atoms with Crippen molar-refractivity contribution < 1.29 is 9.18 Å². The van der Waals surface area contributed by atoms with E-state index in [0.29, 0.717) is 0 Å². The van der Waals surface area contributed by atoms with Crippen molar-refractivity contribution in [2.45, 2.75) is 6.54 Å². The van der Waals surface area contributed by atoms with Gasteiger partial charge >= 0.3 is 5.69 Å². The molecule has 1 aromatic carbocycles. The lowest BCUT2D eigenvalue weighted by molar-refractivity contribution is 0.0949. The molecule has 27 heavy (non-hydrogen) atoms. The van der Waals surface area contributed by atoms with Crippen LogP contribution in [0, 0.1) is 5.82 Å². The van der Waals surface area contributed by atoms with Gasteiger partial charge < -0.3 is 10.3 Å². The van der Waals surface area contributed by atoms with E-state index in [0.717, 1.165) is 22.9 Å². The smallest absolute Gasteiger partial charge is 0.333 e. The molecular weight excluding hydrogens is 357 g/mol. The van der Waals surface area contributed by atoms with Crippen LogP contribution < -0.4 is 22.1 Å². The van der Waals surface area contributed by atoms with Crippen molar-refractivity contribution in [2.24, 2.45) is 0 Å². The third-order valence-corrected chi connectivity index (χ3v) is 3.74. The molecule has 0 aliphatic carbocycles. The number of nitrogens with one attached hydrogen (secondary N) is 2. The van der Waals surface area contributed by atoms with Gasteiger partial charge in [-0.3, -0.25) is 19.0 Å². The van der Waals surface area contributed by atoms with Gasteiger partial charge in [-0.15, -0.1) is 0 Å². The predicted octanol–water partition coefficient (Wildman–Crippen LogP) is -0.348. The SMILES string of the molecule is O=C(NCCn1cnccc1=O)c1c[nH]c(=O)n(-c2ccc(F)cc2)c1=O. The molecule has 0 radical (unpaired) electrons. The maximum Gasteiger partial charge on any atom is 0.333 e. The van der Waals surface area contributed by atoms with Crippen LogP contribution in [0.2, 0.25) is 0 Å². The average molecular weight is 371 g/mol. The summed E-state index contributed by atoms with van der Waals surface area (Å²) in [6.45, 7) is 0.230. The minimum Gasteiger partial charge on any atom is -0.350 e. The zero-order valence-electron chi connectivity index (χ0n) is 13.9. The van der Waals surface area contributed by atoms with Gasteiger partial charge in [-0.05, 0) is 24.3 Å². The lowest BCUT2D eigenvalue weighted by Crippen LogP contribution is -2.40. The molecule has 0 unspecified atom stereocenters. The highest BCUT2D eigenvalue weighted by Crippen LogP contribution is 2.04. The van der Waals surface area contributed by atoms with Crippen molar-refractivity contribution in [1.29, 1.82) is 0 Å². The Balaban J connectivity index is 1.81. The van der Waals surface area contributed by atoms with Gasteiger partial charge in [0.05, 0.1) is 12.0 Å².